The van der Waals surface area contributed by atoms with Crippen LogP contribution in [0.4, 0.5) is 28.4 Å². The first-order valence-corrected chi connectivity index (χ1v) is 24.8. The Bertz CT molecular complexity index is 3870. The van der Waals surface area contributed by atoms with E-state index in [0.29, 0.717) is 0 Å². The molecule has 4 nitrogen and oxygen atoms in total. The number of benzene rings is 8. The van der Waals surface area contributed by atoms with Crippen LogP contribution in [0, 0.1) is 0 Å². The molecule has 0 amide bonds. The molecule has 2 aliphatic heterocycles. The molecule has 0 fully saturated rings. The summed E-state index contributed by atoms with van der Waals surface area (Å²) in [6.45, 7) is 20.3. The Hall–Kier alpha value is -7.02. The Balaban J connectivity index is 1.23. The zero-order chi connectivity index (χ0) is 46.6. The molecule has 0 N–H and O–H groups in total. The van der Waals surface area contributed by atoms with Crippen LogP contribution in [0.25, 0.3) is 75.3 Å². The molecule has 332 valence electrons. The van der Waals surface area contributed by atoms with Gasteiger partial charge in [0.1, 0.15) is 22.4 Å². The summed E-state index contributed by atoms with van der Waals surface area (Å²) < 4.78 is 17.2. The second-order valence-corrected chi connectivity index (χ2v) is 23.2. The van der Waals surface area contributed by atoms with Gasteiger partial charge in [0.25, 0.3) is 0 Å². The van der Waals surface area contributed by atoms with Crippen molar-refractivity contribution < 1.29 is 8.83 Å². The van der Waals surface area contributed by atoms with Crippen molar-refractivity contribution in [1.82, 2.24) is 0 Å². The highest BCUT2D eigenvalue weighted by atomic mass is 32.1. The van der Waals surface area contributed by atoms with E-state index in [1.54, 1.807) is 0 Å². The van der Waals surface area contributed by atoms with Crippen LogP contribution in [0.2, 0.25) is 0 Å². The van der Waals surface area contributed by atoms with Gasteiger partial charge in [-0.3, -0.25) is 0 Å². The minimum atomic E-state index is -0.344. The number of fused-ring (bicyclic) bond motifs is 13. The summed E-state index contributed by atoms with van der Waals surface area (Å²) in [7, 11) is 0. The van der Waals surface area contributed by atoms with Crippen LogP contribution in [-0.4, -0.2) is 6.85 Å². The number of hydrogen-bond acceptors (Lipinski definition) is 5. The number of furan rings is 2. The third-order valence-corrected chi connectivity index (χ3v) is 15.8. The average Bonchev–Trinajstić information content (AvgIpc) is 4.01. The summed E-state index contributed by atoms with van der Waals surface area (Å²) in [6, 6.07) is 58.9. The average molecular weight is 901 g/mol. The Kier molecular flexibility index (Phi) is 8.64. The summed E-state index contributed by atoms with van der Waals surface area (Å²) in [6.07, 6.45) is 0. The summed E-state index contributed by atoms with van der Waals surface area (Å²) >= 11 is 1.86. The molecule has 3 aromatic heterocycles. The summed E-state index contributed by atoms with van der Waals surface area (Å²) in [5, 5.41) is 5.83. The molecule has 13 rings (SSSR count). The maximum absolute atomic E-state index is 7.52. The molecule has 0 atom stereocenters. The maximum atomic E-state index is 7.52. The molecule has 11 aromatic rings. The number of rotatable bonds is 3. The van der Waals surface area contributed by atoms with Crippen molar-refractivity contribution in [2.45, 2.75) is 78.6 Å². The van der Waals surface area contributed by atoms with Crippen molar-refractivity contribution in [3.05, 3.63) is 174 Å². The Morgan fingerprint density at radius 2 is 1.10 bits per heavy atom. The van der Waals surface area contributed by atoms with E-state index in [-0.39, 0.29) is 23.1 Å². The van der Waals surface area contributed by atoms with Gasteiger partial charge >= 0.3 is 6.85 Å². The minimum Gasteiger partial charge on any atom is -0.466 e. The van der Waals surface area contributed by atoms with E-state index in [9.17, 15) is 0 Å². The number of thiophene rings is 1. The maximum Gasteiger partial charge on any atom is 0.376 e. The molecule has 0 saturated heterocycles. The van der Waals surface area contributed by atoms with E-state index in [4.69, 9.17) is 8.83 Å². The van der Waals surface area contributed by atoms with Crippen molar-refractivity contribution in [1.29, 1.82) is 0 Å². The van der Waals surface area contributed by atoms with Crippen LogP contribution >= 0.6 is 11.3 Å². The van der Waals surface area contributed by atoms with Gasteiger partial charge in [-0.1, -0.05) is 153 Å². The lowest BCUT2D eigenvalue weighted by atomic mass is 9.45. The van der Waals surface area contributed by atoms with Crippen LogP contribution < -0.4 is 20.8 Å². The lowest BCUT2D eigenvalue weighted by Gasteiger charge is -2.44. The van der Waals surface area contributed by atoms with Gasteiger partial charge in [-0.05, 0) is 111 Å². The summed E-state index contributed by atoms with van der Waals surface area (Å²) in [5.41, 5.74) is 18.6. The third-order valence-electron chi connectivity index (χ3n) is 14.7. The first-order chi connectivity index (χ1) is 32.6. The zero-order valence-corrected chi connectivity index (χ0v) is 41.0. The van der Waals surface area contributed by atoms with Crippen LogP contribution in [0.5, 0.6) is 0 Å². The molecule has 8 aromatic carbocycles. The predicted octanol–water partition coefficient (Wildman–Crippen LogP) is 17.0. The van der Waals surface area contributed by atoms with E-state index in [1.165, 1.54) is 53.5 Å². The van der Waals surface area contributed by atoms with Crippen molar-refractivity contribution in [3.63, 3.8) is 0 Å². The van der Waals surface area contributed by atoms with Crippen molar-refractivity contribution >= 4 is 111 Å². The van der Waals surface area contributed by atoms with E-state index in [2.05, 4.69) is 230 Å². The van der Waals surface area contributed by atoms with Crippen molar-refractivity contribution in [2.75, 3.05) is 9.71 Å². The molecule has 0 unspecified atom stereocenters. The Morgan fingerprint density at radius 1 is 0.456 bits per heavy atom. The second kappa shape index (κ2) is 14.3. The highest BCUT2D eigenvalue weighted by molar-refractivity contribution is 7.25. The van der Waals surface area contributed by atoms with Crippen molar-refractivity contribution in [3.8, 4) is 22.3 Å². The predicted molar refractivity (Wildman–Crippen MR) is 292 cm³/mol. The molecule has 68 heavy (non-hydrogen) atoms. The van der Waals surface area contributed by atoms with Gasteiger partial charge in [0, 0.05) is 70.1 Å². The van der Waals surface area contributed by atoms with Gasteiger partial charge in [-0.2, -0.15) is 0 Å². The van der Waals surface area contributed by atoms with Gasteiger partial charge in [0.05, 0.1) is 11.4 Å². The Morgan fingerprint density at radius 3 is 1.85 bits per heavy atom. The fourth-order valence-corrected chi connectivity index (χ4v) is 12.2. The van der Waals surface area contributed by atoms with E-state index < -0.39 is 0 Å². The van der Waals surface area contributed by atoms with Crippen LogP contribution in [0.1, 0.15) is 79.0 Å². The minimum absolute atomic E-state index is 0.00471. The Labute approximate surface area is 402 Å². The number of nitrogens with zero attached hydrogens (tertiary/aromatic N) is 2. The molecular weight excluding hydrogens is 848 g/mol. The van der Waals surface area contributed by atoms with Crippen LogP contribution in [-0.2, 0) is 16.2 Å². The fraction of sp³-hybridized carbons (Fsp3) is 0.194. The van der Waals surface area contributed by atoms with Crippen molar-refractivity contribution in [2.24, 2.45) is 0 Å². The summed E-state index contributed by atoms with van der Waals surface area (Å²) in [4.78, 5) is 5.14. The lowest BCUT2D eigenvalue weighted by Crippen LogP contribution is -2.61. The quantitative estimate of drug-likeness (QED) is 0.165. The normalized spacial score (nSPS) is 13.9. The van der Waals surface area contributed by atoms with E-state index in [1.807, 2.05) is 11.3 Å². The van der Waals surface area contributed by atoms with E-state index >= 15 is 0 Å². The second-order valence-electron chi connectivity index (χ2n) is 22.2. The van der Waals surface area contributed by atoms with Crippen LogP contribution in [0.3, 0.4) is 0 Å². The summed E-state index contributed by atoms with van der Waals surface area (Å²) in [5.74, 6) is 0. The molecular formula is C62H53BN2O2S. The number of hydrogen-bond donors (Lipinski definition) is 0. The number of para-hydroxylation sites is 1. The molecule has 2 aliphatic rings. The molecule has 6 heteroatoms. The molecule has 0 spiro atoms. The monoisotopic (exact) mass is 900 g/mol. The smallest absolute Gasteiger partial charge is 0.376 e. The highest BCUT2D eigenvalue weighted by Gasteiger charge is 2.50. The molecule has 5 heterocycles. The molecule has 0 bridgehead atoms. The van der Waals surface area contributed by atoms with Gasteiger partial charge in [-0.25, -0.2) is 0 Å². The standard InChI is InChI=1S/C62H53BN2O2S/c1-60(2,3)37-23-27-40(28-24-37)65-49-35-54-44(42-20-14-16-22-53(42)68-54)33-46(49)55-56-50(34-45-41-19-13-15-21-51(41)66-58(45)55)64(48-29-25-38(61(4,5)6)31-43(48)36-17-11-10-12-18-36)57-47-32-39(62(7,8)9)26-30-52(47)67-59(57)63(56)65/h10-35H,1-9H3. The first-order valence-electron chi connectivity index (χ1n) is 24.0. The lowest BCUT2D eigenvalue weighted by molar-refractivity contribution is 0.590. The fourth-order valence-electron chi connectivity index (χ4n) is 11.1. The molecule has 0 saturated carbocycles. The van der Waals surface area contributed by atoms with Gasteiger partial charge in [0.15, 0.2) is 0 Å². The largest absolute Gasteiger partial charge is 0.466 e. The van der Waals surface area contributed by atoms with E-state index in [0.717, 1.165) is 78.1 Å². The van der Waals surface area contributed by atoms with Gasteiger partial charge < -0.3 is 18.5 Å². The van der Waals surface area contributed by atoms with Gasteiger partial charge in [0.2, 0.25) is 0 Å². The topological polar surface area (TPSA) is 32.8 Å². The first kappa shape index (κ1) is 41.2. The van der Waals surface area contributed by atoms with Crippen LogP contribution in [0.15, 0.2) is 167 Å². The number of anilines is 5. The van der Waals surface area contributed by atoms with Gasteiger partial charge in [-0.15, -0.1) is 11.3 Å². The molecule has 0 radical (unpaired) electrons. The molecule has 0 aliphatic carbocycles. The SMILES string of the molecule is CC(C)(C)c1ccc(N2B3c4oc5ccc(C(C)(C)C)cc5c4N(c4ccc(C(C)(C)C)cc4-c4ccccc4)c4cc5c(oc6ccccc65)c(c43)-c3cc4c(cc32)sc2ccccc24)cc1. The zero-order valence-electron chi connectivity index (χ0n) is 40.2. The highest BCUT2D eigenvalue weighted by Crippen LogP contribution is 2.55. The third kappa shape index (κ3) is 6.05.